The zero-order valence-electron chi connectivity index (χ0n) is 18.5. The summed E-state index contributed by atoms with van der Waals surface area (Å²) >= 11 is 34.1. The molecule has 0 heterocycles. The molecular formula is C24H33Cl6N. The first-order chi connectivity index (χ1) is 14.6. The average Bonchev–Trinajstić information content (AvgIpc) is 2.66. The summed E-state index contributed by atoms with van der Waals surface area (Å²) in [5.41, 5.74) is 3.96. The molecule has 0 unspecified atom stereocenters. The zero-order chi connectivity index (χ0) is 23.6. The molecule has 0 aromatic heterocycles. The maximum atomic E-state index is 5.69. The Hall–Kier alpha value is 0.140. The fraction of sp³-hybridized carbons (Fsp3) is 0.500. The van der Waals surface area contributed by atoms with E-state index < -0.39 is 0 Å². The van der Waals surface area contributed by atoms with Crippen LogP contribution < -0.4 is 0 Å². The van der Waals surface area contributed by atoms with Gasteiger partial charge in [-0.05, 0) is 59.3 Å². The summed E-state index contributed by atoms with van der Waals surface area (Å²) in [5.74, 6) is 0. The molecule has 0 bridgehead atoms. The first-order valence-electron chi connectivity index (χ1n) is 10.3. The molecule has 0 spiro atoms. The van der Waals surface area contributed by atoms with Crippen LogP contribution in [-0.2, 0) is 0 Å². The first-order valence-corrected chi connectivity index (χ1v) is 12.6. The van der Waals surface area contributed by atoms with Gasteiger partial charge in [-0.2, -0.15) is 0 Å². The number of hydrogen-bond donors (Lipinski definition) is 0. The van der Waals surface area contributed by atoms with Crippen LogP contribution in [0.4, 0.5) is 0 Å². The van der Waals surface area contributed by atoms with Gasteiger partial charge in [0.25, 0.3) is 0 Å². The predicted molar refractivity (Wildman–Crippen MR) is 145 cm³/mol. The Labute approximate surface area is 219 Å². The van der Waals surface area contributed by atoms with E-state index in [1.165, 1.54) is 16.7 Å². The monoisotopic (exact) mass is 545 g/mol. The minimum atomic E-state index is 0.325. The summed E-state index contributed by atoms with van der Waals surface area (Å²) in [6.45, 7) is 9.04. The predicted octanol–water partition coefficient (Wildman–Crippen LogP) is 10.4. The summed E-state index contributed by atoms with van der Waals surface area (Å²) in [5, 5.41) is 0. The quantitative estimate of drug-likeness (QED) is 0.184. The minimum Gasteiger partial charge on any atom is -0.292 e. The Morgan fingerprint density at radius 3 is 0.968 bits per heavy atom. The van der Waals surface area contributed by atoms with E-state index in [0.29, 0.717) is 13.5 Å². The Balaban J connectivity index is 4.96. The Morgan fingerprint density at radius 1 is 0.484 bits per heavy atom. The van der Waals surface area contributed by atoms with Gasteiger partial charge in [-0.1, -0.05) is 123 Å². The number of rotatable bonds is 15. The molecule has 1 nitrogen and oxygen atoms in total. The lowest BCUT2D eigenvalue weighted by atomic mass is 10.1. The van der Waals surface area contributed by atoms with Crippen molar-refractivity contribution in [3.05, 3.63) is 66.6 Å². The second-order valence-electron chi connectivity index (χ2n) is 7.47. The van der Waals surface area contributed by atoms with Gasteiger partial charge < -0.3 is 0 Å². The third kappa shape index (κ3) is 21.7. The van der Waals surface area contributed by atoms with Crippen molar-refractivity contribution in [2.24, 2.45) is 0 Å². The van der Waals surface area contributed by atoms with E-state index >= 15 is 0 Å². The van der Waals surface area contributed by atoms with Gasteiger partial charge >= 0.3 is 0 Å². The van der Waals surface area contributed by atoms with Crippen molar-refractivity contribution >= 4 is 69.6 Å². The Kier molecular flexibility index (Phi) is 19.7. The highest BCUT2D eigenvalue weighted by molar-refractivity contribution is 6.56. The van der Waals surface area contributed by atoms with Crippen LogP contribution >= 0.6 is 69.6 Å². The van der Waals surface area contributed by atoms with Crippen molar-refractivity contribution in [2.75, 3.05) is 19.6 Å². The molecule has 0 amide bonds. The smallest absolute Gasteiger partial charge is 0.102 e. The number of nitrogens with zero attached hydrogens (tertiary/aromatic N) is 1. The molecule has 0 N–H and O–H groups in total. The number of halogens is 6. The van der Waals surface area contributed by atoms with E-state index in [1.54, 1.807) is 0 Å². The zero-order valence-corrected chi connectivity index (χ0v) is 23.1. The highest BCUT2D eigenvalue weighted by Gasteiger charge is 2.02. The van der Waals surface area contributed by atoms with E-state index in [2.05, 4.69) is 43.9 Å². The molecule has 0 saturated carbocycles. The van der Waals surface area contributed by atoms with Gasteiger partial charge in [-0.25, -0.2) is 0 Å². The summed E-state index contributed by atoms with van der Waals surface area (Å²) < 4.78 is 0.976. The summed E-state index contributed by atoms with van der Waals surface area (Å²) in [7, 11) is 0. The third-order valence-corrected chi connectivity index (χ3v) is 5.53. The Morgan fingerprint density at radius 2 is 0.742 bits per heavy atom. The highest BCUT2D eigenvalue weighted by Crippen LogP contribution is 2.15. The van der Waals surface area contributed by atoms with Crippen LogP contribution in [0, 0.1) is 0 Å². The largest absolute Gasteiger partial charge is 0.292 e. The SMILES string of the molecule is CC(=CCN(CC=C(C)CCC=C(Cl)Cl)CC=C(C)CCC=C(Cl)Cl)CCC=C(Cl)Cl. The van der Waals surface area contributed by atoms with E-state index in [-0.39, 0.29) is 0 Å². The first kappa shape index (κ1) is 31.1. The van der Waals surface area contributed by atoms with Gasteiger partial charge in [0.15, 0.2) is 0 Å². The molecule has 7 heteroatoms. The molecule has 0 aromatic rings. The van der Waals surface area contributed by atoms with Gasteiger partial charge in [0, 0.05) is 19.6 Å². The van der Waals surface area contributed by atoms with E-state index in [4.69, 9.17) is 69.6 Å². The maximum Gasteiger partial charge on any atom is 0.102 e. The van der Waals surface area contributed by atoms with Crippen molar-refractivity contribution in [1.29, 1.82) is 0 Å². The molecule has 0 radical (unpaired) electrons. The molecule has 0 aliphatic carbocycles. The highest BCUT2D eigenvalue weighted by atomic mass is 35.5. The molecule has 0 saturated heterocycles. The van der Waals surface area contributed by atoms with Crippen molar-refractivity contribution < 1.29 is 0 Å². The summed E-state index contributed by atoms with van der Waals surface area (Å²) in [4.78, 5) is 2.40. The van der Waals surface area contributed by atoms with Crippen LogP contribution in [0.1, 0.15) is 59.3 Å². The fourth-order valence-electron chi connectivity index (χ4n) is 2.61. The molecule has 0 aliphatic rings. The third-order valence-electron chi connectivity index (χ3n) is 4.61. The molecular weight excluding hydrogens is 515 g/mol. The molecule has 0 atom stereocenters. The maximum absolute atomic E-state index is 5.69. The molecule has 0 aliphatic heterocycles. The van der Waals surface area contributed by atoms with Gasteiger partial charge in [0.05, 0.1) is 0 Å². The number of allylic oxidation sites excluding steroid dienone is 6. The van der Waals surface area contributed by atoms with Crippen LogP contribution in [0.25, 0.3) is 0 Å². The van der Waals surface area contributed by atoms with Gasteiger partial charge in [0.2, 0.25) is 0 Å². The van der Waals surface area contributed by atoms with Crippen LogP contribution in [0.2, 0.25) is 0 Å². The minimum absolute atomic E-state index is 0.325. The van der Waals surface area contributed by atoms with E-state index in [0.717, 1.165) is 58.2 Å². The second-order valence-corrected chi connectivity index (χ2v) is 10.5. The van der Waals surface area contributed by atoms with E-state index in [9.17, 15) is 0 Å². The molecule has 31 heavy (non-hydrogen) atoms. The lowest BCUT2D eigenvalue weighted by Gasteiger charge is -2.19. The topological polar surface area (TPSA) is 3.24 Å². The summed E-state index contributed by atoms with van der Waals surface area (Å²) in [6.07, 6.45) is 17.7. The van der Waals surface area contributed by atoms with Crippen LogP contribution in [0.3, 0.4) is 0 Å². The van der Waals surface area contributed by atoms with Gasteiger partial charge in [-0.15, -0.1) is 0 Å². The van der Waals surface area contributed by atoms with Crippen molar-refractivity contribution in [3.8, 4) is 0 Å². The average molecular weight is 548 g/mol. The van der Waals surface area contributed by atoms with E-state index in [1.807, 2.05) is 18.2 Å². The van der Waals surface area contributed by atoms with Gasteiger partial charge in [-0.3, -0.25) is 4.90 Å². The fourth-order valence-corrected chi connectivity index (χ4v) is 3.27. The normalized spacial score (nSPS) is 12.8. The van der Waals surface area contributed by atoms with Crippen molar-refractivity contribution in [1.82, 2.24) is 4.90 Å². The lowest BCUT2D eigenvalue weighted by molar-refractivity contribution is 0.369. The Bertz CT molecular complexity index is 594. The van der Waals surface area contributed by atoms with Crippen LogP contribution in [0.5, 0.6) is 0 Å². The molecule has 0 fully saturated rings. The molecule has 176 valence electrons. The van der Waals surface area contributed by atoms with Crippen LogP contribution in [0.15, 0.2) is 66.6 Å². The van der Waals surface area contributed by atoms with Crippen LogP contribution in [-0.4, -0.2) is 24.5 Å². The lowest BCUT2D eigenvalue weighted by Crippen LogP contribution is -2.25. The molecule has 0 aromatic carbocycles. The van der Waals surface area contributed by atoms with Crippen molar-refractivity contribution in [2.45, 2.75) is 59.3 Å². The van der Waals surface area contributed by atoms with Gasteiger partial charge in [0.1, 0.15) is 13.5 Å². The second kappa shape index (κ2) is 19.6. The summed E-state index contributed by atoms with van der Waals surface area (Å²) in [6, 6.07) is 0. The standard InChI is InChI=1S/C24H33Cl6N/c1-19(7-4-10-22(25)26)13-16-31(17-14-20(2)8-5-11-23(27)28)18-15-21(3)9-6-12-24(29)30/h10-15H,4-9,16-18H2,1-3H3. The van der Waals surface area contributed by atoms with Crippen molar-refractivity contribution in [3.63, 3.8) is 0 Å². The molecule has 0 rings (SSSR count). The number of hydrogen-bond acceptors (Lipinski definition) is 1.